The molecule has 0 radical (unpaired) electrons. The van der Waals surface area contributed by atoms with E-state index in [4.69, 9.17) is 9.15 Å². The van der Waals surface area contributed by atoms with E-state index >= 15 is 0 Å². The molecule has 1 aliphatic rings. The number of nitrogens with zero attached hydrogens (tertiary/aromatic N) is 1. The second-order valence-corrected chi connectivity index (χ2v) is 5.74. The molecule has 0 bridgehead atoms. The van der Waals surface area contributed by atoms with E-state index in [1.165, 1.54) is 6.07 Å². The van der Waals surface area contributed by atoms with Crippen molar-refractivity contribution in [3.8, 4) is 0 Å². The number of furan rings is 1. The van der Waals surface area contributed by atoms with Crippen molar-refractivity contribution in [1.82, 2.24) is 5.32 Å². The standard InChI is InChI=1S/C17H17N3O6/c21-16(18-10-11-4-3-9-25-11)12-5-1-2-6-13(12)19-17(22)14-7-8-15(26-14)20(23)24/h1-2,5-8,11H,3-4,9-10H2,(H,18,21)(H,19,22). The van der Waals surface area contributed by atoms with Crippen molar-refractivity contribution in [2.75, 3.05) is 18.5 Å². The first-order valence-electron chi connectivity index (χ1n) is 8.09. The van der Waals surface area contributed by atoms with Crippen molar-refractivity contribution in [1.29, 1.82) is 0 Å². The summed E-state index contributed by atoms with van der Waals surface area (Å²) in [7, 11) is 0. The number of hydrogen-bond donors (Lipinski definition) is 2. The summed E-state index contributed by atoms with van der Waals surface area (Å²) in [6.07, 6.45) is 1.88. The zero-order valence-electron chi connectivity index (χ0n) is 13.8. The second kappa shape index (κ2) is 7.79. The fraction of sp³-hybridized carbons (Fsp3) is 0.294. The maximum absolute atomic E-state index is 12.4. The highest BCUT2D eigenvalue weighted by Crippen LogP contribution is 2.20. The Balaban J connectivity index is 1.68. The third-order valence-electron chi connectivity index (χ3n) is 3.93. The summed E-state index contributed by atoms with van der Waals surface area (Å²) in [6, 6.07) is 8.77. The zero-order valence-corrected chi connectivity index (χ0v) is 13.8. The van der Waals surface area contributed by atoms with Crippen LogP contribution in [0.1, 0.15) is 33.8 Å². The number of amides is 2. The Morgan fingerprint density at radius 1 is 1.19 bits per heavy atom. The molecular weight excluding hydrogens is 342 g/mol. The number of carbonyl (C=O) groups excluding carboxylic acids is 2. The van der Waals surface area contributed by atoms with Gasteiger partial charge in [-0.2, -0.15) is 0 Å². The summed E-state index contributed by atoms with van der Waals surface area (Å²) in [4.78, 5) is 34.5. The summed E-state index contributed by atoms with van der Waals surface area (Å²) in [5.74, 6) is -1.77. The van der Waals surface area contributed by atoms with Gasteiger partial charge in [-0.05, 0) is 31.0 Å². The van der Waals surface area contributed by atoms with Crippen LogP contribution in [0.15, 0.2) is 40.8 Å². The lowest BCUT2D eigenvalue weighted by atomic mass is 10.1. The predicted octanol–water partition coefficient (Wildman–Crippen LogP) is 2.35. The molecule has 1 atom stereocenters. The molecule has 1 aromatic carbocycles. The molecule has 9 heteroatoms. The molecule has 0 aliphatic carbocycles. The van der Waals surface area contributed by atoms with Crippen molar-refractivity contribution in [3.05, 3.63) is 57.8 Å². The van der Waals surface area contributed by atoms with E-state index < -0.39 is 16.7 Å². The van der Waals surface area contributed by atoms with Gasteiger partial charge in [0.1, 0.15) is 4.92 Å². The molecule has 136 valence electrons. The van der Waals surface area contributed by atoms with Crippen LogP contribution in [0.2, 0.25) is 0 Å². The smallest absolute Gasteiger partial charge is 0.395 e. The molecule has 9 nitrogen and oxygen atoms in total. The molecule has 2 heterocycles. The van der Waals surface area contributed by atoms with Crippen LogP contribution in [0, 0.1) is 10.1 Å². The highest BCUT2D eigenvalue weighted by atomic mass is 16.6. The van der Waals surface area contributed by atoms with Gasteiger partial charge in [0, 0.05) is 13.2 Å². The monoisotopic (exact) mass is 359 g/mol. The van der Waals surface area contributed by atoms with Crippen LogP contribution in [0.5, 0.6) is 0 Å². The summed E-state index contributed by atoms with van der Waals surface area (Å²) in [6.45, 7) is 1.09. The maximum atomic E-state index is 12.4. The number of hydrogen-bond acceptors (Lipinski definition) is 6. The fourth-order valence-corrected chi connectivity index (χ4v) is 2.63. The minimum absolute atomic E-state index is 0.00405. The molecule has 1 aliphatic heterocycles. The largest absolute Gasteiger partial charge is 0.433 e. The van der Waals surface area contributed by atoms with E-state index in [1.54, 1.807) is 24.3 Å². The Kier molecular flexibility index (Phi) is 5.28. The van der Waals surface area contributed by atoms with Crippen molar-refractivity contribution >= 4 is 23.4 Å². The van der Waals surface area contributed by atoms with Crippen molar-refractivity contribution < 1.29 is 23.7 Å². The van der Waals surface area contributed by atoms with E-state index in [0.29, 0.717) is 13.2 Å². The van der Waals surface area contributed by atoms with Crippen molar-refractivity contribution in [2.45, 2.75) is 18.9 Å². The summed E-state index contributed by atoms with van der Waals surface area (Å²) >= 11 is 0. The van der Waals surface area contributed by atoms with Gasteiger partial charge in [0.15, 0.2) is 5.76 Å². The minimum atomic E-state index is -0.733. The van der Waals surface area contributed by atoms with E-state index in [1.807, 2.05) is 0 Å². The normalized spacial score (nSPS) is 16.2. The van der Waals surface area contributed by atoms with Gasteiger partial charge in [-0.3, -0.25) is 19.7 Å². The molecular formula is C17H17N3O6. The highest BCUT2D eigenvalue weighted by Gasteiger charge is 2.21. The number of ether oxygens (including phenoxy) is 1. The first-order valence-corrected chi connectivity index (χ1v) is 8.09. The lowest BCUT2D eigenvalue weighted by Gasteiger charge is -2.13. The van der Waals surface area contributed by atoms with E-state index in [9.17, 15) is 19.7 Å². The Morgan fingerprint density at radius 3 is 2.69 bits per heavy atom. The van der Waals surface area contributed by atoms with Crippen LogP contribution in [0.4, 0.5) is 11.6 Å². The Morgan fingerprint density at radius 2 is 2.00 bits per heavy atom. The molecule has 0 saturated carbocycles. The van der Waals surface area contributed by atoms with Gasteiger partial charge in [-0.25, -0.2) is 0 Å². The minimum Gasteiger partial charge on any atom is -0.395 e. The van der Waals surface area contributed by atoms with Crippen LogP contribution in [-0.4, -0.2) is 36.0 Å². The molecule has 1 unspecified atom stereocenters. The molecule has 1 fully saturated rings. The summed E-state index contributed by atoms with van der Waals surface area (Å²) < 4.78 is 10.3. The van der Waals surface area contributed by atoms with Gasteiger partial charge in [0.2, 0.25) is 0 Å². The first kappa shape index (κ1) is 17.6. The number of benzene rings is 1. The third-order valence-corrected chi connectivity index (χ3v) is 3.93. The van der Waals surface area contributed by atoms with Crippen LogP contribution >= 0.6 is 0 Å². The highest BCUT2D eigenvalue weighted by molar-refractivity contribution is 6.07. The zero-order chi connectivity index (χ0) is 18.5. The fourth-order valence-electron chi connectivity index (χ4n) is 2.63. The molecule has 0 spiro atoms. The number of rotatable bonds is 6. The van der Waals surface area contributed by atoms with E-state index in [2.05, 4.69) is 10.6 Å². The predicted molar refractivity (Wildman–Crippen MR) is 91.1 cm³/mol. The molecule has 1 saturated heterocycles. The molecule has 2 amide bonds. The van der Waals surface area contributed by atoms with Gasteiger partial charge >= 0.3 is 5.88 Å². The molecule has 3 rings (SSSR count). The SMILES string of the molecule is O=C(Nc1ccccc1C(=O)NCC1CCCO1)c1ccc([N+](=O)[O-])o1. The number of anilines is 1. The third kappa shape index (κ3) is 4.06. The van der Waals surface area contributed by atoms with Gasteiger partial charge < -0.3 is 19.8 Å². The van der Waals surface area contributed by atoms with E-state index in [0.717, 1.165) is 18.9 Å². The molecule has 1 aromatic heterocycles. The number of nitro groups is 1. The van der Waals surface area contributed by atoms with Crippen molar-refractivity contribution in [2.24, 2.45) is 0 Å². The van der Waals surface area contributed by atoms with E-state index in [-0.39, 0.29) is 29.0 Å². The lowest BCUT2D eigenvalue weighted by molar-refractivity contribution is -0.402. The second-order valence-electron chi connectivity index (χ2n) is 5.74. The van der Waals surface area contributed by atoms with Gasteiger partial charge in [0.25, 0.3) is 11.8 Å². The van der Waals surface area contributed by atoms with Gasteiger partial charge in [0.05, 0.1) is 23.4 Å². The van der Waals surface area contributed by atoms with Gasteiger partial charge in [-0.1, -0.05) is 12.1 Å². The van der Waals surface area contributed by atoms with Crippen LogP contribution < -0.4 is 10.6 Å². The quantitative estimate of drug-likeness (QED) is 0.603. The lowest BCUT2D eigenvalue weighted by Crippen LogP contribution is -2.32. The maximum Gasteiger partial charge on any atom is 0.433 e. The average Bonchev–Trinajstić information content (AvgIpc) is 3.32. The summed E-state index contributed by atoms with van der Waals surface area (Å²) in [5.41, 5.74) is 0.557. The van der Waals surface area contributed by atoms with Crippen LogP contribution in [-0.2, 0) is 4.74 Å². The van der Waals surface area contributed by atoms with Crippen LogP contribution in [0.25, 0.3) is 0 Å². The summed E-state index contributed by atoms with van der Waals surface area (Å²) in [5, 5.41) is 16.0. The number of para-hydroxylation sites is 1. The first-order chi connectivity index (χ1) is 12.5. The molecule has 2 N–H and O–H groups in total. The van der Waals surface area contributed by atoms with Crippen LogP contribution in [0.3, 0.4) is 0 Å². The Bertz CT molecular complexity index is 825. The Labute approximate surface area is 148 Å². The average molecular weight is 359 g/mol. The topological polar surface area (TPSA) is 124 Å². The van der Waals surface area contributed by atoms with Crippen molar-refractivity contribution in [3.63, 3.8) is 0 Å². The molecule has 26 heavy (non-hydrogen) atoms. The van der Waals surface area contributed by atoms with Gasteiger partial charge in [-0.15, -0.1) is 0 Å². The molecule has 2 aromatic rings. The number of carbonyl (C=O) groups is 2. The Hall–Kier alpha value is -3.20. The number of nitrogens with one attached hydrogen (secondary N) is 2.